The molecular weight excluding hydrogens is 428 g/mol. The Kier molecular flexibility index (Phi) is 5.91. The van der Waals surface area contributed by atoms with E-state index in [1.807, 2.05) is 24.3 Å². The van der Waals surface area contributed by atoms with Crippen LogP contribution in [-0.4, -0.2) is 16.5 Å². The van der Waals surface area contributed by atoms with E-state index in [1.54, 1.807) is 50.2 Å². The number of hydrogen-bond donors (Lipinski definition) is 2. The van der Waals surface area contributed by atoms with Gasteiger partial charge < -0.3 is 8.83 Å². The molecule has 0 aliphatic carbocycles. The van der Waals surface area contributed by atoms with Crippen molar-refractivity contribution in [3.63, 3.8) is 0 Å². The summed E-state index contributed by atoms with van der Waals surface area (Å²) in [6, 6.07) is 17.8. The first-order valence-electron chi connectivity index (χ1n) is 9.63. The summed E-state index contributed by atoms with van der Waals surface area (Å²) in [5.41, 5.74) is 6.67. The van der Waals surface area contributed by atoms with Crippen molar-refractivity contribution < 1.29 is 8.83 Å². The van der Waals surface area contributed by atoms with Gasteiger partial charge in [-0.2, -0.15) is 10.2 Å². The van der Waals surface area contributed by atoms with Crippen LogP contribution in [0, 0.1) is 0 Å². The van der Waals surface area contributed by atoms with Gasteiger partial charge in [-0.05, 0) is 50.3 Å². The van der Waals surface area contributed by atoms with Crippen LogP contribution >= 0.6 is 12.2 Å². The molecule has 0 bridgehead atoms. The molecule has 0 saturated heterocycles. The molecule has 0 radical (unpaired) electrons. The van der Waals surface area contributed by atoms with Crippen molar-refractivity contribution in [2.75, 3.05) is 0 Å². The SMILES string of the molecule is C/C(=N\NC(=S)N/N=C(\C)c1cc2ccccc2oc1=O)c1cc2ccccc2oc1=O. The van der Waals surface area contributed by atoms with E-state index < -0.39 is 11.3 Å². The lowest BCUT2D eigenvalue weighted by Crippen LogP contribution is -2.30. The van der Waals surface area contributed by atoms with E-state index in [1.165, 1.54) is 0 Å². The molecule has 0 saturated carbocycles. The van der Waals surface area contributed by atoms with Gasteiger partial charge in [-0.1, -0.05) is 36.4 Å². The van der Waals surface area contributed by atoms with Crippen LogP contribution in [0.15, 0.2) is 89.3 Å². The second-order valence-electron chi connectivity index (χ2n) is 6.92. The second kappa shape index (κ2) is 8.94. The summed E-state index contributed by atoms with van der Waals surface area (Å²) in [6.07, 6.45) is 0. The zero-order valence-electron chi connectivity index (χ0n) is 17.2. The van der Waals surface area contributed by atoms with Gasteiger partial charge in [0.05, 0.1) is 22.6 Å². The van der Waals surface area contributed by atoms with Crippen LogP contribution in [0.1, 0.15) is 25.0 Å². The quantitative estimate of drug-likeness (QED) is 0.214. The van der Waals surface area contributed by atoms with Crippen molar-refractivity contribution in [2.24, 2.45) is 10.2 Å². The number of hydrogen-bond acceptors (Lipinski definition) is 7. The van der Waals surface area contributed by atoms with Gasteiger partial charge >= 0.3 is 11.3 Å². The topological polar surface area (TPSA) is 109 Å². The number of hydrazone groups is 2. The molecule has 8 nitrogen and oxygen atoms in total. The third-order valence-electron chi connectivity index (χ3n) is 4.71. The molecule has 160 valence electrons. The lowest BCUT2D eigenvalue weighted by molar-refractivity contribution is 0.559. The van der Waals surface area contributed by atoms with Gasteiger partial charge in [0.2, 0.25) is 5.11 Å². The first-order valence-corrected chi connectivity index (χ1v) is 10.0. The first-order chi connectivity index (χ1) is 15.4. The number of thiocarbonyl (C=S) groups is 1. The van der Waals surface area contributed by atoms with Crippen molar-refractivity contribution in [1.29, 1.82) is 0 Å². The van der Waals surface area contributed by atoms with Gasteiger partial charge in [0, 0.05) is 10.8 Å². The van der Waals surface area contributed by atoms with E-state index >= 15 is 0 Å². The average Bonchev–Trinajstić information content (AvgIpc) is 2.80. The number of fused-ring (bicyclic) bond motifs is 2. The normalized spacial score (nSPS) is 12.2. The van der Waals surface area contributed by atoms with Gasteiger partial charge in [-0.25, -0.2) is 9.59 Å². The van der Waals surface area contributed by atoms with Gasteiger partial charge in [0.1, 0.15) is 11.2 Å². The highest BCUT2D eigenvalue weighted by Crippen LogP contribution is 2.14. The van der Waals surface area contributed by atoms with Crippen molar-refractivity contribution in [2.45, 2.75) is 13.8 Å². The predicted molar refractivity (Wildman–Crippen MR) is 128 cm³/mol. The molecule has 4 rings (SSSR count). The third-order valence-corrected chi connectivity index (χ3v) is 4.90. The molecule has 0 amide bonds. The lowest BCUT2D eigenvalue weighted by Gasteiger charge is -2.06. The molecule has 0 spiro atoms. The minimum absolute atomic E-state index is 0.0825. The number of nitrogens with one attached hydrogen (secondary N) is 2. The maximum absolute atomic E-state index is 12.2. The van der Waals surface area contributed by atoms with Crippen LogP contribution in [0.4, 0.5) is 0 Å². The van der Waals surface area contributed by atoms with E-state index in [9.17, 15) is 9.59 Å². The molecule has 2 aromatic heterocycles. The fourth-order valence-corrected chi connectivity index (χ4v) is 3.13. The summed E-state index contributed by atoms with van der Waals surface area (Å²) in [7, 11) is 0. The highest BCUT2D eigenvalue weighted by Gasteiger charge is 2.10. The van der Waals surface area contributed by atoms with Crippen LogP contribution < -0.4 is 22.1 Å². The standard InChI is InChI=1S/C23H18N4O4S/c1-13(17-11-15-7-3-5-9-19(15)30-21(17)28)24-26-23(32)27-25-14(2)18-12-16-8-4-6-10-20(16)31-22(18)29/h3-12H,1-2H3,(H2,26,27,32)/b24-13+,25-14+. The van der Waals surface area contributed by atoms with Crippen molar-refractivity contribution in [1.82, 2.24) is 10.9 Å². The van der Waals surface area contributed by atoms with E-state index in [0.29, 0.717) is 33.7 Å². The Morgan fingerprint density at radius 2 is 1.16 bits per heavy atom. The monoisotopic (exact) mass is 446 g/mol. The molecular formula is C23H18N4O4S. The Morgan fingerprint density at radius 1 is 0.750 bits per heavy atom. The third kappa shape index (κ3) is 4.47. The first kappa shape index (κ1) is 21.1. The molecule has 4 aromatic rings. The molecule has 9 heteroatoms. The summed E-state index contributed by atoms with van der Waals surface area (Å²) in [5.74, 6) is 0. The fraction of sp³-hybridized carbons (Fsp3) is 0.0870. The molecule has 0 aliphatic heterocycles. The van der Waals surface area contributed by atoms with Gasteiger partial charge in [-0.15, -0.1) is 0 Å². The van der Waals surface area contributed by atoms with Crippen molar-refractivity contribution in [3.8, 4) is 0 Å². The van der Waals surface area contributed by atoms with E-state index in [-0.39, 0.29) is 5.11 Å². The molecule has 0 aliphatic rings. The Morgan fingerprint density at radius 3 is 1.59 bits per heavy atom. The van der Waals surface area contributed by atoms with Gasteiger partial charge in [-0.3, -0.25) is 10.9 Å². The maximum Gasteiger partial charge on any atom is 0.345 e. The fourth-order valence-electron chi connectivity index (χ4n) is 3.04. The number of rotatable bonds is 4. The van der Waals surface area contributed by atoms with Crippen molar-refractivity contribution >= 4 is 50.7 Å². The summed E-state index contributed by atoms with van der Waals surface area (Å²) in [4.78, 5) is 24.5. The molecule has 2 aromatic carbocycles. The number of para-hydroxylation sites is 2. The zero-order chi connectivity index (χ0) is 22.7. The van der Waals surface area contributed by atoms with Crippen LogP contribution in [0.25, 0.3) is 21.9 Å². The molecule has 0 unspecified atom stereocenters. The minimum Gasteiger partial charge on any atom is -0.422 e. The summed E-state index contributed by atoms with van der Waals surface area (Å²) in [5, 5.41) is 9.90. The molecule has 2 N–H and O–H groups in total. The van der Waals surface area contributed by atoms with Crippen LogP contribution in [0.2, 0.25) is 0 Å². The van der Waals surface area contributed by atoms with Crippen molar-refractivity contribution in [3.05, 3.63) is 92.6 Å². The predicted octanol–water partition coefficient (Wildman–Crippen LogP) is 3.51. The second-order valence-corrected chi connectivity index (χ2v) is 7.33. The molecule has 0 fully saturated rings. The summed E-state index contributed by atoms with van der Waals surface area (Å²) >= 11 is 5.17. The molecule has 0 atom stereocenters. The zero-order valence-corrected chi connectivity index (χ0v) is 18.0. The summed E-state index contributed by atoms with van der Waals surface area (Å²) < 4.78 is 10.6. The smallest absolute Gasteiger partial charge is 0.345 e. The van der Waals surface area contributed by atoms with Gasteiger partial charge in [0.15, 0.2) is 0 Å². The Labute approximate surface area is 187 Å². The largest absolute Gasteiger partial charge is 0.422 e. The Balaban J connectivity index is 1.48. The lowest BCUT2D eigenvalue weighted by atomic mass is 10.1. The maximum atomic E-state index is 12.2. The Hall–Kier alpha value is -4.11. The minimum atomic E-state index is -0.498. The van der Waals surface area contributed by atoms with E-state index in [2.05, 4.69) is 21.1 Å². The van der Waals surface area contributed by atoms with Gasteiger partial charge in [0.25, 0.3) is 0 Å². The number of nitrogens with zero attached hydrogens (tertiary/aromatic N) is 2. The van der Waals surface area contributed by atoms with Crippen LogP contribution in [0.3, 0.4) is 0 Å². The molecule has 2 heterocycles. The average molecular weight is 446 g/mol. The summed E-state index contributed by atoms with van der Waals surface area (Å²) in [6.45, 7) is 3.32. The number of benzene rings is 2. The highest BCUT2D eigenvalue weighted by atomic mass is 32.1. The van der Waals surface area contributed by atoms with Crippen LogP contribution in [0.5, 0.6) is 0 Å². The van der Waals surface area contributed by atoms with Crippen LogP contribution in [-0.2, 0) is 0 Å². The Bertz CT molecular complexity index is 1400. The highest BCUT2D eigenvalue weighted by molar-refractivity contribution is 7.80. The van der Waals surface area contributed by atoms with E-state index in [4.69, 9.17) is 21.1 Å². The van der Waals surface area contributed by atoms with E-state index in [0.717, 1.165) is 10.8 Å². The molecule has 32 heavy (non-hydrogen) atoms.